The van der Waals surface area contributed by atoms with E-state index in [2.05, 4.69) is 22.6 Å². The lowest BCUT2D eigenvalue weighted by Crippen LogP contribution is -1.89. The minimum absolute atomic E-state index is 0.708. The van der Waals surface area contributed by atoms with Crippen molar-refractivity contribution in [3.8, 4) is 5.75 Å². The molecule has 0 aliphatic rings. The first-order valence-corrected chi connectivity index (χ1v) is 9.68. The molecule has 28 heavy (non-hydrogen) atoms. The molecule has 142 valence electrons. The number of pyridine rings is 2. The summed E-state index contributed by atoms with van der Waals surface area (Å²) in [5.74, 6) is 0.708. The molecule has 7 heteroatoms. The second-order valence-corrected chi connectivity index (χ2v) is 7.45. The van der Waals surface area contributed by atoms with Crippen molar-refractivity contribution in [1.82, 2.24) is 9.97 Å². The van der Waals surface area contributed by atoms with E-state index in [1.165, 1.54) is 0 Å². The Bertz CT molecular complexity index is 1030. The Morgan fingerprint density at radius 2 is 1.54 bits per heavy atom. The molecule has 0 aliphatic heterocycles. The second-order valence-electron chi connectivity index (χ2n) is 5.81. The van der Waals surface area contributed by atoms with Crippen molar-refractivity contribution in [2.24, 2.45) is 0 Å². The maximum atomic E-state index is 5.70. The third-order valence-electron chi connectivity index (χ3n) is 3.75. The Hall–Kier alpha value is -2.90. The maximum absolute atomic E-state index is 5.70. The van der Waals surface area contributed by atoms with E-state index in [-0.39, 0.29) is 0 Å². The van der Waals surface area contributed by atoms with Gasteiger partial charge in [0.25, 0.3) is 0 Å². The third-order valence-corrected chi connectivity index (χ3v) is 5.11. The van der Waals surface area contributed by atoms with Gasteiger partial charge in [0.2, 0.25) is 0 Å². The van der Waals surface area contributed by atoms with Crippen molar-refractivity contribution in [3.05, 3.63) is 73.1 Å². The van der Waals surface area contributed by atoms with Crippen molar-refractivity contribution < 1.29 is 4.74 Å². The van der Waals surface area contributed by atoms with Crippen LogP contribution in [0.2, 0.25) is 0 Å². The number of rotatable bonds is 3. The Balaban J connectivity index is 0.000000236. The first kappa shape index (κ1) is 19.9. The van der Waals surface area contributed by atoms with Crippen LogP contribution in [0, 0.1) is 0 Å². The second kappa shape index (κ2) is 9.34. The van der Waals surface area contributed by atoms with Crippen molar-refractivity contribution in [2.75, 3.05) is 18.6 Å². The van der Waals surface area contributed by atoms with Crippen molar-refractivity contribution >= 4 is 46.8 Å². The molecule has 0 saturated carbocycles. The van der Waals surface area contributed by atoms with E-state index in [9.17, 15) is 0 Å². The molecule has 0 unspecified atom stereocenters. The van der Waals surface area contributed by atoms with E-state index in [0.717, 1.165) is 37.1 Å². The average Bonchev–Trinajstić information content (AvgIpc) is 2.72. The molecule has 4 rings (SSSR count). The quantitative estimate of drug-likeness (QED) is 0.329. The fourth-order valence-corrected chi connectivity index (χ4v) is 3.38. The largest absolute Gasteiger partial charge is 0.495 e. The molecule has 2 heterocycles. The summed E-state index contributed by atoms with van der Waals surface area (Å²) >= 11 is 5.72. The van der Waals surface area contributed by atoms with Crippen LogP contribution in [0.4, 0.5) is 11.4 Å². The minimum atomic E-state index is 0.708. The summed E-state index contributed by atoms with van der Waals surface area (Å²) in [7, 11) is 1.62. The minimum Gasteiger partial charge on any atom is -0.495 e. The smallest absolute Gasteiger partial charge is 0.139 e. The molecule has 0 amide bonds. The van der Waals surface area contributed by atoms with Crippen molar-refractivity contribution in [2.45, 2.75) is 14.7 Å². The van der Waals surface area contributed by atoms with Crippen LogP contribution in [0.1, 0.15) is 0 Å². The van der Waals surface area contributed by atoms with E-state index < -0.39 is 0 Å². The number of nitrogen functional groups attached to an aromatic ring is 2. The first-order valence-electron chi connectivity index (χ1n) is 8.42. The van der Waals surface area contributed by atoms with Gasteiger partial charge in [-0.25, -0.2) is 4.98 Å². The van der Waals surface area contributed by atoms with Crippen molar-refractivity contribution in [1.29, 1.82) is 0 Å². The van der Waals surface area contributed by atoms with E-state index in [4.69, 9.17) is 16.2 Å². The molecule has 0 bridgehead atoms. The molecule has 0 saturated heterocycles. The van der Waals surface area contributed by atoms with Gasteiger partial charge < -0.3 is 16.2 Å². The number of thiol groups is 1. The highest BCUT2D eigenvalue weighted by Gasteiger charge is 2.06. The van der Waals surface area contributed by atoms with Crippen LogP contribution >= 0.6 is 24.4 Å². The number of aromatic nitrogens is 2. The summed E-state index contributed by atoms with van der Waals surface area (Å²) in [6.07, 6.45) is 3.49. The lowest BCUT2D eigenvalue weighted by atomic mass is 10.3. The van der Waals surface area contributed by atoms with Crippen LogP contribution in [0.3, 0.4) is 0 Å². The van der Waals surface area contributed by atoms with Gasteiger partial charge in [0.05, 0.1) is 18.8 Å². The number of hydrogen-bond donors (Lipinski definition) is 3. The maximum Gasteiger partial charge on any atom is 0.139 e. The number of anilines is 2. The summed E-state index contributed by atoms with van der Waals surface area (Å²) in [6.45, 7) is 0. The van der Waals surface area contributed by atoms with Crippen LogP contribution in [0.15, 0.2) is 87.7 Å². The molecule has 5 nitrogen and oxygen atoms in total. The highest BCUT2D eigenvalue weighted by molar-refractivity contribution is 7.99. The molecule has 0 fully saturated rings. The number of hydrogen-bond acceptors (Lipinski definition) is 7. The number of benzene rings is 2. The van der Waals surface area contributed by atoms with Crippen LogP contribution in [-0.4, -0.2) is 17.1 Å². The summed E-state index contributed by atoms with van der Waals surface area (Å²) in [5, 5.41) is 0. The number of nitrogens with two attached hydrogens (primary N) is 2. The molecule has 0 radical (unpaired) electrons. The van der Waals surface area contributed by atoms with Gasteiger partial charge in [-0.15, -0.1) is 12.6 Å². The summed E-state index contributed by atoms with van der Waals surface area (Å²) < 4.78 is 5.17. The van der Waals surface area contributed by atoms with Gasteiger partial charge in [-0.2, -0.15) is 0 Å². The zero-order valence-corrected chi connectivity index (χ0v) is 17.0. The van der Waals surface area contributed by atoms with Gasteiger partial charge in [0, 0.05) is 38.3 Å². The van der Waals surface area contributed by atoms with Crippen molar-refractivity contribution in [3.63, 3.8) is 0 Å². The molecule has 0 atom stereocenters. The Kier molecular flexibility index (Phi) is 6.62. The van der Waals surface area contributed by atoms with Gasteiger partial charge >= 0.3 is 0 Å². The van der Waals surface area contributed by atoms with E-state index in [1.807, 2.05) is 60.7 Å². The molecule has 2 aromatic heterocycles. The van der Waals surface area contributed by atoms with Crippen LogP contribution in [0.25, 0.3) is 11.0 Å². The van der Waals surface area contributed by atoms with Gasteiger partial charge in [0.1, 0.15) is 11.3 Å². The molecule has 0 spiro atoms. The van der Waals surface area contributed by atoms with Gasteiger partial charge in [-0.05, 0) is 54.6 Å². The first-order chi connectivity index (χ1) is 13.5. The molecule has 4 aromatic rings. The fraction of sp³-hybridized carbons (Fsp3) is 0.0476. The topological polar surface area (TPSA) is 87.0 Å². The summed E-state index contributed by atoms with van der Waals surface area (Å²) in [5.41, 5.74) is 14.3. The number of ether oxygens (including phenoxy) is 1. The van der Waals surface area contributed by atoms with E-state index in [1.54, 1.807) is 31.3 Å². The SMILES string of the molecule is COc1cnc2c(Sc3ccc(N)cc3)ccnc2c1.Nc1ccc(S)cc1. The summed E-state index contributed by atoms with van der Waals surface area (Å²) in [6, 6.07) is 19.0. The lowest BCUT2D eigenvalue weighted by molar-refractivity contribution is 0.413. The monoisotopic (exact) mass is 408 g/mol. The predicted octanol–water partition coefficient (Wildman–Crippen LogP) is 4.93. The molecular weight excluding hydrogens is 388 g/mol. The van der Waals surface area contributed by atoms with Gasteiger partial charge in [0.15, 0.2) is 0 Å². The Labute approximate surface area is 173 Å². The summed E-state index contributed by atoms with van der Waals surface area (Å²) in [4.78, 5) is 11.9. The molecule has 0 aliphatic carbocycles. The zero-order chi connectivity index (χ0) is 19.9. The van der Waals surface area contributed by atoms with Gasteiger partial charge in [-0.3, -0.25) is 4.98 Å². The van der Waals surface area contributed by atoms with Crippen LogP contribution < -0.4 is 16.2 Å². The van der Waals surface area contributed by atoms with E-state index in [0.29, 0.717) is 5.75 Å². The van der Waals surface area contributed by atoms with Crippen LogP contribution in [-0.2, 0) is 0 Å². The van der Waals surface area contributed by atoms with Crippen LogP contribution in [0.5, 0.6) is 5.75 Å². The standard InChI is InChI=1S/C15H13N3OS.C6H7NS/c1-19-11-8-13-15(18-9-11)14(6-7-17-13)20-12-4-2-10(16)3-5-12;7-5-1-3-6(8)4-2-5/h2-9H,16H2,1H3;1-4,8H,7H2. The molecule has 2 aromatic carbocycles. The van der Waals surface area contributed by atoms with E-state index >= 15 is 0 Å². The highest BCUT2D eigenvalue weighted by atomic mass is 32.2. The van der Waals surface area contributed by atoms with Gasteiger partial charge in [-0.1, -0.05) is 11.8 Å². The molecular formula is C21H20N4OS2. The highest BCUT2D eigenvalue weighted by Crippen LogP contribution is 2.32. The third kappa shape index (κ3) is 5.31. The molecule has 4 N–H and O–H groups in total. The average molecular weight is 409 g/mol. The normalized spacial score (nSPS) is 10.2. The number of methoxy groups -OCH3 is 1. The number of nitrogens with zero attached hydrogens (tertiary/aromatic N) is 2. The lowest BCUT2D eigenvalue weighted by Gasteiger charge is -2.06. The Morgan fingerprint density at radius 1 is 0.893 bits per heavy atom. The Morgan fingerprint density at radius 3 is 2.14 bits per heavy atom. The number of fused-ring (bicyclic) bond motifs is 1. The zero-order valence-electron chi connectivity index (χ0n) is 15.2. The fourth-order valence-electron chi connectivity index (χ4n) is 2.32. The predicted molar refractivity (Wildman–Crippen MR) is 119 cm³/mol.